The summed E-state index contributed by atoms with van der Waals surface area (Å²) >= 11 is 5.95. The molecule has 1 aliphatic rings. The number of fused-ring (bicyclic) bond motifs is 1. The summed E-state index contributed by atoms with van der Waals surface area (Å²) in [6.45, 7) is 2.95. The lowest BCUT2D eigenvalue weighted by Crippen LogP contribution is -2.41. The van der Waals surface area contributed by atoms with E-state index < -0.39 is 0 Å². The molecule has 132 valence electrons. The van der Waals surface area contributed by atoms with Crippen molar-refractivity contribution in [2.24, 2.45) is 7.05 Å². The van der Waals surface area contributed by atoms with Gasteiger partial charge in [0, 0.05) is 31.4 Å². The molecule has 1 aromatic carbocycles. The molecular weight excluding hydrogens is 340 g/mol. The molecule has 1 aliphatic heterocycles. The Bertz CT molecular complexity index is 926. The number of hydrogen-bond donors (Lipinski definition) is 2. The van der Waals surface area contributed by atoms with Gasteiger partial charge in [-0.25, -0.2) is 4.79 Å². The molecule has 0 saturated heterocycles. The minimum Gasteiger partial charge on any atom is -0.377 e. The van der Waals surface area contributed by atoms with Crippen LogP contribution in [0.2, 0.25) is 5.02 Å². The summed E-state index contributed by atoms with van der Waals surface area (Å²) < 4.78 is 2.75. The molecular formula is C18H21ClN4O2. The van der Waals surface area contributed by atoms with Gasteiger partial charge in [0.1, 0.15) is 11.5 Å². The van der Waals surface area contributed by atoms with Gasteiger partial charge in [0.2, 0.25) is 0 Å². The fraction of sp³-hybridized carbons (Fsp3) is 0.333. The third-order valence-electron chi connectivity index (χ3n) is 4.29. The van der Waals surface area contributed by atoms with Gasteiger partial charge in [0.05, 0.1) is 0 Å². The molecule has 3 rings (SSSR count). The SMILES string of the molecule is CCCn1c(=O)c2c(n(C)c1=O)N/C=C(/c1ccc(Cl)cc1)CCN2. The van der Waals surface area contributed by atoms with Crippen molar-refractivity contribution in [1.82, 2.24) is 9.13 Å². The van der Waals surface area contributed by atoms with Crippen molar-refractivity contribution in [1.29, 1.82) is 0 Å². The number of rotatable bonds is 3. The van der Waals surface area contributed by atoms with E-state index in [0.29, 0.717) is 29.6 Å². The van der Waals surface area contributed by atoms with Gasteiger partial charge in [-0.05, 0) is 36.1 Å². The second-order valence-electron chi connectivity index (χ2n) is 6.02. The van der Waals surface area contributed by atoms with Crippen molar-refractivity contribution in [2.45, 2.75) is 26.3 Å². The molecule has 0 fully saturated rings. The van der Waals surface area contributed by atoms with Crippen LogP contribution in [0.3, 0.4) is 0 Å². The van der Waals surface area contributed by atoms with Crippen LogP contribution in [0.15, 0.2) is 40.1 Å². The van der Waals surface area contributed by atoms with Crippen LogP contribution < -0.4 is 21.9 Å². The Balaban J connectivity index is 2.05. The van der Waals surface area contributed by atoms with E-state index in [0.717, 1.165) is 24.0 Å². The predicted octanol–water partition coefficient (Wildman–Crippen LogP) is 2.88. The lowest BCUT2D eigenvalue weighted by Gasteiger charge is -2.21. The van der Waals surface area contributed by atoms with Gasteiger partial charge >= 0.3 is 5.69 Å². The monoisotopic (exact) mass is 360 g/mol. The highest BCUT2D eigenvalue weighted by Gasteiger charge is 2.18. The van der Waals surface area contributed by atoms with Crippen LogP contribution in [0.1, 0.15) is 25.3 Å². The van der Waals surface area contributed by atoms with E-state index >= 15 is 0 Å². The van der Waals surface area contributed by atoms with Crippen molar-refractivity contribution < 1.29 is 0 Å². The maximum absolute atomic E-state index is 12.6. The van der Waals surface area contributed by atoms with E-state index in [-0.39, 0.29) is 11.2 Å². The van der Waals surface area contributed by atoms with E-state index in [1.165, 1.54) is 9.13 Å². The van der Waals surface area contributed by atoms with Gasteiger partial charge in [-0.1, -0.05) is 30.7 Å². The zero-order valence-corrected chi connectivity index (χ0v) is 15.1. The first-order valence-electron chi connectivity index (χ1n) is 8.32. The van der Waals surface area contributed by atoms with Crippen LogP contribution >= 0.6 is 11.6 Å². The molecule has 1 aromatic heterocycles. The molecule has 0 spiro atoms. The Kier molecular flexibility index (Phi) is 4.99. The smallest absolute Gasteiger partial charge is 0.332 e. The lowest BCUT2D eigenvalue weighted by atomic mass is 10.0. The summed E-state index contributed by atoms with van der Waals surface area (Å²) in [5.74, 6) is 0.480. The highest BCUT2D eigenvalue weighted by atomic mass is 35.5. The molecule has 0 radical (unpaired) electrons. The molecule has 0 amide bonds. The maximum Gasteiger partial charge on any atom is 0.332 e. The van der Waals surface area contributed by atoms with E-state index in [2.05, 4.69) is 10.6 Å². The molecule has 0 atom stereocenters. The third-order valence-corrected chi connectivity index (χ3v) is 4.54. The van der Waals surface area contributed by atoms with Crippen LogP contribution in [-0.4, -0.2) is 15.7 Å². The molecule has 2 N–H and O–H groups in total. The minimum absolute atomic E-state index is 0.282. The highest BCUT2D eigenvalue weighted by molar-refractivity contribution is 6.30. The van der Waals surface area contributed by atoms with Crippen LogP contribution in [0.5, 0.6) is 0 Å². The lowest BCUT2D eigenvalue weighted by molar-refractivity contribution is 0.585. The zero-order valence-electron chi connectivity index (χ0n) is 14.3. The number of nitrogens with one attached hydrogen (secondary N) is 2. The molecule has 0 saturated carbocycles. The van der Waals surface area contributed by atoms with Crippen LogP contribution in [0.25, 0.3) is 5.57 Å². The Hall–Kier alpha value is -2.47. The van der Waals surface area contributed by atoms with E-state index in [1.807, 2.05) is 37.4 Å². The summed E-state index contributed by atoms with van der Waals surface area (Å²) in [4.78, 5) is 25.1. The fourth-order valence-electron chi connectivity index (χ4n) is 2.96. The third kappa shape index (κ3) is 3.35. The largest absolute Gasteiger partial charge is 0.377 e. The summed E-state index contributed by atoms with van der Waals surface area (Å²) in [6.07, 6.45) is 3.32. The van der Waals surface area contributed by atoms with E-state index in [9.17, 15) is 9.59 Å². The maximum atomic E-state index is 12.6. The number of benzene rings is 1. The van der Waals surface area contributed by atoms with Crippen molar-refractivity contribution in [3.8, 4) is 0 Å². The highest BCUT2D eigenvalue weighted by Crippen LogP contribution is 2.24. The first-order chi connectivity index (χ1) is 12.0. The van der Waals surface area contributed by atoms with Gasteiger partial charge in [0.15, 0.2) is 0 Å². The van der Waals surface area contributed by atoms with Gasteiger partial charge in [-0.2, -0.15) is 0 Å². The molecule has 0 bridgehead atoms. The second-order valence-corrected chi connectivity index (χ2v) is 6.46. The fourth-order valence-corrected chi connectivity index (χ4v) is 3.08. The summed E-state index contributed by atoms with van der Waals surface area (Å²) in [7, 11) is 1.67. The topological polar surface area (TPSA) is 68.1 Å². The first-order valence-corrected chi connectivity index (χ1v) is 8.70. The Morgan fingerprint density at radius 3 is 2.60 bits per heavy atom. The summed E-state index contributed by atoms with van der Waals surface area (Å²) in [6, 6.07) is 7.60. The molecule has 2 aromatic rings. The number of hydrogen-bond acceptors (Lipinski definition) is 4. The second kappa shape index (κ2) is 7.19. The molecule has 6 nitrogen and oxygen atoms in total. The van der Waals surface area contributed by atoms with Crippen molar-refractivity contribution >= 4 is 28.7 Å². The number of aromatic nitrogens is 2. The molecule has 25 heavy (non-hydrogen) atoms. The van der Waals surface area contributed by atoms with Crippen molar-refractivity contribution in [3.63, 3.8) is 0 Å². The van der Waals surface area contributed by atoms with Crippen molar-refractivity contribution in [3.05, 3.63) is 61.9 Å². The quantitative estimate of drug-likeness (QED) is 0.883. The predicted molar refractivity (Wildman–Crippen MR) is 102 cm³/mol. The Morgan fingerprint density at radius 1 is 1.20 bits per heavy atom. The van der Waals surface area contributed by atoms with Gasteiger partial charge in [-0.15, -0.1) is 0 Å². The Labute approximate surface area is 150 Å². The first kappa shape index (κ1) is 17.4. The average molecular weight is 361 g/mol. The van der Waals surface area contributed by atoms with E-state index in [1.54, 1.807) is 7.05 Å². The van der Waals surface area contributed by atoms with Crippen molar-refractivity contribution in [2.75, 3.05) is 17.2 Å². The molecule has 2 heterocycles. The number of nitrogens with zero attached hydrogens (tertiary/aromatic N) is 2. The van der Waals surface area contributed by atoms with Crippen LogP contribution in [-0.2, 0) is 13.6 Å². The van der Waals surface area contributed by atoms with Crippen LogP contribution in [0.4, 0.5) is 11.5 Å². The minimum atomic E-state index is -0.318. The van der Waals surface area contributed by atoms with Gasteiger partial charge in [-0.3, -0.25) is 13.9 Å². The van der Waals surface area contributed by atoms with Crippen LogP contribution in [0, 0.1) is 0 Å². The standard InChI is InChI=1S/C18H21ClN4O2/c1-3-10-23-17(24)15-16(22(2)18(23)25)21-11-13(8-9-20-15)12-4-6-14(19)7-5-12/h4-7,11,20-21H,3,8-10H2,1-2H3/b13-11+. The average Bonchev–Trinajstić information content (AvgIpc) is 2.58. The number of anilines is 2. The summed E-state index contributed by atoms with van der Waals surface area (Å²) in [5.41, 5.74) is 1.95. The molecule has 0 unspecified atom stereocenters. The zero-order chi connectivity index (χ0) is 18.0. The normalized spacial score (nSPS) is 15.9. The number of halogens is 1. The molecule has 7 heteroatoms. The van der Waals surface area contributed by atoms with Gasteiger partial charge in [0.25, 0.3) is 5.56 Å². The summed E-state index contributed by atoms with van der Waals surface area (Å²) in [5, 5.41) is 7.01. The Morgan fingerprint density at radius 2 is 1.92 bits per heavy atom. The van der Waals surface area contributed by atoms with E-state index in [4.69, 9.17) is 11.6 Å². The van der Waals surface area contributed by atoms with Gasteiger partial charge < -0.3 is 10.6 Å². The molecule has 0 aliphatic carbocycles.